The zero-order valence-corrected chi connectivity index (χ0v) is 20.8. The van der Waals surface area contributed by atoms with Crippen LogP contribution in [-0.4, -0.2) is 26.8 Å². The number of pyridine rings is 3. The number of carbonyl (C=O) groups is 2. The van der Waals surface area contributed by atoms with Crippen LogP contribution in [0.1, 0.15) is 32.1 Å². The summed E-state index contributed by atoms with van der Waals surface area (Å²) < 4.78 is 7.25. The predicted octanol–water partition coefficient (Wildman–Crippen LogP) is 4.57. The first-order valence-electron chi connectivity index (χ1n) is 10.1. The third kappa shape index (κ3) is 9.35. The molecule has 0 aliphatic carbocycles. The molecule has 1 radical (unpaired) electrons. The standard InChI is InChI=1S/C20H18N4O2.C5H5N.NO.Ru/c1-13-11-17(23-19(25)15-7-3-5-9-21-15)18(12-14(13)2)24-20(26)16-8-4-6-10-22-16;1-2-4-6-5-3-1;1-2;/h3-12H,1-2H3,(H,23,25)(H,24,26);1-5H;;/q;;+1;+3. The number of hydrogen-bond acceptors (Lipinski definition) is 6. The van der Waals surface area contributed by atoms with Gasteiger partial charge in [0.05, 0.1) is 11.4 Å². The number of nitrogens with one attached hydrogen (secondary N) is 2. The average Bonchev–Trinajstić information content (AvgIpc) is 2.90. The molecule has 35 heavy (non-hydrogen) atoms. The minimum Gasteiger partial charge on any atom is -0.265 e. The second-order valence-electron chi connectivity index (χ2n) is 6.84. The number of carbonyl (C=O) groups excluding carboxylic acids is 2. The smallest absolute Gasteiger partial charge is 0.265 e. The van der Waals surface area contributed by atoms with E-state index in [2.05, 4.69) is 25.6 Å². The normalized spacial score (nSPS) is 9.03. The maximum Gasteiger partial charge on any atom is 3.00 e. The quantitative estimate of drug-likeness (QED) is 0.279. The Kier molecular flexibility index (Phi) is 13.0. The van der Waals surface area contributed by atoms with Crippen LogP contribution in [0.4, 0.5) is 11.4 Å². The third-order valence-electron chi connectivity index (χ3n) is 4.49. The summed E-state index contributed by atoms with van der Waals surface area (Å²) >= 11 is 0. The van der Waals surface area contributed by atoms with Crippen LogP contribution in [0.5, 0.6) is 0 Å². The van der Waals surface area contributed by atoms with Gasteiger partial charge in [0.1, 0.15) is 11.4 Å². The summed E-state index contributed by atoms with van der Waals surface area (Å²) in [6, 6.07) is 19.6. The molecule has 0 aliphatic rings. The van der Waals surface area contributed by atoms with Crippen LogP contribution in [0, 0.1) is 19.3 Å². The van der Waals surface area contributed by atoms with Crippen molar-refractivity contribution in [3.8, 4) is 0 Å². The molecule has 0 saturated carbocycles. The van der Waals surface area contributed by atoms with Crippen LogP contribution in [0.3, 0.4) is 0 Å². The van der Waals surface area contributed by atoms with Crippen molar-refractivity contribution in [1.29, 1.82) is 5.46 Å². The van der Waals surface area contributed by atoms with E-state index in [1.54, 1.807) is 61.2 Å². The Morgan fingerprint density at radius 2 is 1.09 bits per heavy atom. The Morgan fingerprint density at radius 1 is 0.686 bits per heavy atom. The Balaban J connectivity index is 0.000000586. The van der Waals surface area contributed by atoms with Crippen LogP contribution in [-0.2, 0) is 24.3 Å². The Morgan fingerprint density at radius 3 is 1.37 bits per heavy atom. The van der Waals surface area contributed by atoms with E-state index >= 15 is 0 Å². The number of benzene rings is 1. The number of amides is 2. The number of rotatable bonds is 4. The predicted molar refractivity (Wildman–Crippen MR) is 127 cm³/mol. The van der Waals surface area contributed by atoms with E-state index in [0.717, 1.165) is 11.1 Å². The monoisotopic (exact) mass is 557 g/mol. The molecule has 175 valence electrons. The Hall–Kier alpha value is -4.10. The van der Waals surface area contributed by atoms with Crippen molar-refractivity contribution in [2.75, 3.05) is 10.6 Å². The van der Waals surface area contributed by atoms with Crippen LogP contribution in [0.2, 0.25) is 0 Å². The van der Waals surface area contributed by atoms with Crippen molar-refractivity contribution in [3.63, 3.8) is 0 Å². The van der Waals surface area contributed by atoms with Gasteiger partial charge >= 0.3 is 29.7 Å². The van der Waals surface area contributed by atoms with Crippen molar-refractivity contribution in [3.05, 3.63) is 114 Å². The molecule has 0 fully saturated rings. The van der Waals surface area contributed by atoms with Crippen molar-refractivity contribution in [2.45, 2.75) is 13.8 Å². The molecule has 1 aromatic carbocycles. The van der Waals surface area contributed by atoms with Gasteiger partial charge in [-0.25, -0.2) is 0 Å². The number of hydrogen-bond donors (Lipinski definition) is 2. The second-order valence-corrected chi connectivity index (χ2v) is 6.84. The molecule has 0 unspecified atom stereocenters. The molecular weight excluding hydrogens is 533 g/mol. The minimum atomic E-state index is -0.345. The molecule has 10 heteroatoms. The number of aryl methyl sites for hydroxylation is 2. The van der Waals surface area contributed by atoms with Gasteiger partial charge in [0.25, 0.3) is 11.8 Å². The molecule has 0 bridgehead atoms. The topological polar surface area (TPSA) is 141 Å². The van der Waals surface area contributed by atoms with E-state index in [-0.39, 0.29) is 31.3 Å². The fourth-order valence-electron chi connectivity index (χ4n) is 2.70. The van der Waals surface area contributed by atoms with E-state index in [1.165, 1.54) is 0 Å². The van der Waals surface area contributed by atoms with E-state index in [4.69, 9.17) is 10.2 Å². The van der Waals surface area contributed by atoms with Crippen molar-refractivity contribution in [1.82, 2.24) is 15.0 Å². The first kappa shape index (κ1) is 28.9. The van der Waals surface area contributed by atoms with Gasteiger partial charge in [-0.1, -0.05) is 18.2 Å². The maximum absolute atomic E-state index is 12.4. The second kappa shape index (κ2) is 15.7. The molecule has 4 rings (SSSR count). The van der Waals surface area contributed by atoms with Crippen LogP contribution in [0.15, 0.2) is 91.5 Å². The SMILES string of the molecule is Cc1cc(NC(=O)c2ccccn2)c(NC(=O)c2ccccn2)cc1C.N#[O+].[Ru+3].c1ccncc1. The van der Waals surface area contributed by atoms with E-state index in [0.29, 0.717) is 22.8 Å². The van der Waals surface area contributed by atoms with Crippen LogP contribution < -0.4 is 10.6 Å². The first-order chi connectivity index (χ1) is 16.5. The summed E-state index contributed by atoms with van der Waals surface area (Å²) in [7, 11) is 0. The largest absolute Gasteiger partial charge is 3.00 e. The molecule has 0 saturated heterocycles. The molecule has 9 nitrogen and oxygen atoms in total. The van der Waals surface area contributed by atoms with Gasteiger partial charge in [0.15, 0.2) is 0 Å². The Bertz CT molecular complexity index is 1120. The molecule has 3 heterocycles. The van der Waals surface area contributed by atoms with Gasteiger partial charge in [-0.05, 0) is 73.5 Å². The first-order valence-corrected chi connectivity index (χ1v) is 10.1. The van der Waals surface area contributed by atoms with Crippen molar-refractivity contribution in [2.24, 2.45) is 0 Å². The van der Waals surface area contributed by atoms with E-state index < -0.39 is 0 Å². The van der Waals surface area contributed by atoms with Crippen LogP contribution in [0.25, 0.3) is 0 Å². The molecule has 0 aliphatic heterocycles. The summed E-state index contributed by atoms with van der Waals surface area (Å²) in [6.45, 7) is 3.88. The summed E-state index contributed by atoms with van der Waals surface area (Å²) in [5, 5.41) is 5.63. The molecule has 2 amide bonds. The number of anilines is 2. The van der Waals surface area contributed by atoms with Gasteiger partial charge < -0.3 is 10.6 Å². The van der Waals surface area contributed by atoms with Gasteiger partial charge in [-0.2, -0.15) is 0 Å². The number of nitrogens with zero attached hydrogens (tertiary/aromatic N) is 4. The average molecular weight is 557 g/mol. The summed E-state index contributed by atoms with van der Waals surface area (Å²) in [5.41, 5.74) is 9.36. The maximum atomic E-state index is 12.4. The van der Waals surface area contributed by atoms with Crippen molar-refractivity contribution >= 4 is 23.2 Å². The fourth-order valence-corrected chi connectivity index (χ4v) is 2.70. The molecule has 0 atom stereocenters. The molecule has 0 spiro atoms. The summed E-state index contributed by atoms with van der Waals surface area (Å²) in [5.74, 6) is -0.690. The molecular formula is C25H23N6O3Ru+4. The summed E-state index contributed by atoms with van der Waals surface area (Å²) in [6.07, 6.45) is 6.61. The van der Waals surface area contributed by atoms with Crippen molar-refractivity contribution < 1.29 is 33.8 Å². The van der Waals surface area contributed by atoms with Gasteiger partial charge in [-0.3, -0.25) is 24.5 Å². The molecule has 3 aromatic heterocycles. The van der Waals surface area contributed by atoms with E-state index in [1.807, 2.05) is 44.2 Å². The summed E-state index contributed by atoms with van der Waals surface area (Å²) in [4.78, 5) is 36.7. The fraction of sp³-hybridized carbons (Fsp3) is 0.0800. The number of aromatic nitrogens is 3. The zero-order valence-electron chi connectivity index (χ0n) is 19.0. The molecule has 4 aromatic rings. The van der Waals surface area contributed by atoms with Gasteiger partial charge in [0, 0.05) is 24.8 Å². The van der Waals surface area contributed by atoms with Gasteiger partial charge in [0.2, 0.25) is 0 Å². The zero-order chi connectivity index (χ0) is 24.8. The van der Waals surface area contributed by atoms with Gasteiger partial charge in [-0.15, -0.1) is 0 Å². The van der Waals surface area contributed by atoms with Crippen LogP contribution >= 0.6 is 0 Å². The molecule has 2 N–H and O–H groups in total. The Labute approximate surface area is 215 Å². The minimum absolute atomic E-state index is 0. The third-order valence-corrected chi connectivity index (χ3v) is 4.49. The van der Waals surface area contributed by atoms with E-state index in [9.17, 15) is 9.59 Å².